The van der Waals surface area contributed by atoms with Crippen molar-refractivity contribution in [1.29, 1.82) is 0 Å². The van der Waals surface area contributed by atoms with E-state index in [0.717, 1.165) is 18.4 Å². The first-order valence-electron chi connectivity index (χ1n) is 7.08. The maximum atomic E-state index is 9.70. The van der Waals surface area contributed by atoms with Crippen molar-refractivity contribution in [3.05, 3.63) is 35.9 Å². The fourth-order valence-electron chi connectivity index (χ4n) is 1.69. The van der Waals surface area contributed by atoms with Gasteiger partial charge < -0.3 is 9.84 Å². The minimum atomic E-state index is -0.484. The molecule has 104 valence electrons. The highest BCUT2D eigenvalue weighted by atomic mass is 16.5. The smallest absolute Gasteiger partial charge is 0.0882 e. The average molecular weight is 260 g/mol. The Labute approximate surface area is 116 Å². The Morgan fingerprint density at radius 2 is 1.95 bits per heavy atom. The van der Waals surface area contributed by atoms with Crippen LogP contribution in [0.25, 0.3) is 0 Å². The summed E-state index contributed by atoms with van der Waals surface area (Å²) in [6.45, 7) is 3.07. The molecule has 0 saturated carbocycles. The lowest BCUT2D eigenvalue weighted by molar-refractivity contribution is 0.0311. The molecule has 0 spiro atoms. The first-order chi connectivity index (χ1) is 9.33. The number of benzene rings is 1. The van der Waals surface area contributed by atoms with E-state index in [4.69, 9.17) is 4.74 Å². The van der Waals surface area contributed by atoms with E-state index in [2.05, 4.69) is 18.8 Å². The fraction of sp³-hybridized carbons (Fsp3) is 0.529. The van der Waals surface area contributed by atoms with Gasteiger partial charge in [0.25, 0.3) is 0 Å². The summed E-state index contributed by atoms with van der Waals surface area (Å²) in [6, 6.07) is 9.97. The van der Waals surface area contributed by atoms with E-state index in [0.29, 0.717) is 19.6 Å². The van der Waals surface area contributed by atoms with Gasteiger partial charge in [-0.05, 0) is 12.0 Å². The lowest BCUT2D eigenvalue weighted by Crippen LogP contribution is -2.14. The number of aliphatic hydroxyl groups excluding tert-OH is 1. The highest BCUT2D eigenvalue weighted by Gasteiger charge is 2.01. The van der Waals surface area contributed by atoms with Gasteiger partial charge >= 0.3 is 0 Å². The zero-order chi connectivity index (χ0) is 13.8. The molecule has 0 unspecified atom stereocenters. The van der Waals surface area contributed by atoms with Crippen molar-refractivity contribution in [2.24, 2.45) is 0 Å². The molecule has 0 aromatic heterocycles. The summed E-state index contributed by atoms with van der Waals surface area (Å²) in [5, 5.41) is 9.70. The van der Waals surface area contributed by atoms with Crippen molar-refractivity contribution < 1.29 is 9.84 Å². The van der Waals surface area contributed by atoms with Gasteiger partial charge in [0.2, 0.25) is 0 Å². The van der Waals surface area contributed by atoms with E-state index in [-0.39, 0.29) is 0 Å². The van der Waals surface area contributed by atoms with Crippen LogP contribution in [0, 0.1) is 11.8 Å². The molecule has 1 N–H and O–H groups in total. The first-order valence-corrected chi connectivity index (χ1v) is 7.08. The number of aliphatic hydroxyl groups is 1. The third-order valence-corrected chi connectivity index (χ3v) is 2.79. The van der Waals surface area contributed by atoms with Gasteiger partial charge in [-0.3, -0.25) is 0 Å². The molecule has 0 heterocycles. The van der Waals surface area contributed by atoms with E-state index < -0.39 is 6.10 Å². The molecule has 2 heteroatoms. The fourth-order valence-corrected chi connectivity index (χ4v) is 1.69. The predicted octanol–water partition coefficient (Wildman–Crippen LogP) is 3.54. The monoisotopic (exact) mass is 260 g/mol. The Morgan fingerprint density at radius 3 is 2.68 bits per heavy atom. The van der Waals surface area contributed by atoms with Crippen molar-refractivity contribution in [2.75, 3.05) is 6.61 Å². The Kier molecular flexibility index (Phi) is 8.80. The summed E-state index contributed by atoms with van der Waals surface area (Å²) in [5.41, 5.74) is 1.13. The molecule has 0 aliphatic heterocycles. The second-order valence-corrected chi connectivity index (χ2v) is 4.67. The quantitative estimate of drug-likeness (QED) is 0.572. The maximum Gasteiger partial charge on any atom is 0.0882 e. The topological polar surface area (TPSA) is 29.5 Å². The summed E-state index contributed by atoms with van der Waals surface area (Å²) >= 11 is 0. The molecule has 1 aromatic carbocycles. The van der Waals surface area contributed by atoms with Gasteiger partial charge in [-0.25, -0.2) is 0 Å². The Hall–Kier alpha value is -1.30. The molecule has 0 amide bonds. The van der Waals surface area contributed by atoms with Gasteiger partial charge in [-0.2, -0.15) is 0 Å². The van der Waals surface area contributed by atoms with Crippen molar-refractivity contribution in [1.82, 2.24) is 0 Å². The Bertz CT molecular complexity index is 375. The van der Waals surface area contributed by atoms with Crippen molar-refractivity contribution >= 4 is 0 Å². The van der Waals surface area contributed by atoms with Crippen LogP contribution in [0.3, 0.4) is 0 Å². The van der Waals surface area contributed by atoms with Crippen LogP contribution in [0.5, 0.6) is 0 Å². The molecule has 1 atom stereocenters. The second kappa shape index (κ2) is 10.6. The first kappa shape index (κ1) is 15.8. The summed E-state index contributed by atoms with van der Waals surface area (Å²) < 4.78 is 5.46. The molecule has 0 fully saturated rings. The van der Waals surface area contributed by atoms with Gasteiger partial charge in [-0.1, -0.05) is 50.1 Å². The van der Waals surface area contributed by atoms with E-state index in [1.54, 1.807) is 0 Å². The molecule has 0 bridgehead atoms. The number of hydrogen-bond donors (Lipinski definition) is 1. The van der Waals surface area contributed by atoms with Crippen LogP contribution in [0.15, 0.2) is 30.3 Å². The van der Waals surface area contributed by atoms with Crippen LogP contribution < -0.4 is 0 Å². The van der Waals surface area contributed by atoms with Crippen LogP contribution in [-0.2, 0) is 11.3 Å². The number of hydrogen-bond acceptors (Lipinski definition) is 2. The van der Waals surface area contributed by atoms with Crippen molar-refractivity contribution in [3.63, 3.8) is 0 Å². The molecule has 19 heavy (non-hydrogen) atoms. The van der Waals surface area contributed by atoms with Gasteiger partial charge in [0.1, 0.15) is 0 Å². The van der Waals surface area contributed by atoms with Crippen LogP contribution in [0.1, 0.15) is 44.6 Å². The molecule has 0 radical (unpaired) electrons. The SMILES string of the molecule is CCCCCC#CC[C@H](O)COCc1ccccc1. The molecule has 0 aliphatic carbocycles. The second-order valence-electron chi connectivity index (χ2n) is 4.67. The highest BCUT2D eigenvalue weighted by molar-refractivity contribution is 5.13. The average Bonchev–Trinajstić information content (AvgIpc) is 2.44. The molecular formula is C17H24O2. The zero-order valence-electron chi connectivity index (χ0n) is 11.8. The molecular weight excluding hydrogens is 236 g/mol. The number of rotatable bonds is 8. The van der Waals surface area contributed by atoms with E-state index in [1.165, 1.54) is 12.8 Å². The molecule has 1 aromatic rings. The van der Waals surface area contributed by atoms with Gasteiger partial charge in [0, 0.05) is 12.8 Å². The van der Waals surface area contributed by atoms with E-state index in [1.807, 2.05) is 30.3 Å². The van der Waals surface area contributed by atoms with E-state index in [9.17, 15) is 5.11 Å². The lowest BCUT2D eigenvalue weighted by Gasteiger charge is -2.08. The van der Waals surface area contributed by atoms with Gasteiger partial charge in [-0.15, -0.1) is 11.8 Å². The normalized spacial score (nSPS) is 11.7. The summed E-state index contributed by atoms with van der Waals surface area (Å²) in [4.78, 5) is 0. The van der Waals surface area contributed by atoms with Crippen LogP contribution >= 0.6 is 0 Å². The standard InChI is InChI=1S/C17H24O2/c1-2-3-4-5-6-10-13-17(18)15-19-14-16-11-8-7-9-12-16/h7-9,11-12,17-18H,2-5,13-15H2,1H3/t17-/m0/s1. The van der Waals surface area contributed by atoms with Crippen LogP contribution in [0.4, 0.5) is 0 Å². The third-order valence-electron chi connectivity index (χ3n) is 2.79. The lowest BCUT2D eigenvalue weighted by atomic mass is 10.2. The highest BCUT2D eigenvalue weighted by Crippen LogP contribution is 2.02. The minimum absolute atomic E-state index is 0.346. The largest absolute Gasteiger partial charge is 0.390 e. The zero-order valence-corrected chi connectivity index (χ0v) is 11.8. The van der Waals surface area contributed by atoms with Crippen molar-refractivity contribution in [3.8, 4) is 11.8 Å². The van der Waals surface area contributed by atoms with Crippen LogP contribution in [0.2, 0.25) is 0 Å². The summed E-state index contributed by atoms with van der Waals surface area (Å²) in [5.74, 6) is 6.11. The number of ether oxygens (including phenoxy) is 1. The minimum Gasteiger partial charge on any atom is -0.390 e. The summed E-state index contributed by atoms with van der Waals surface area (Å²) in [7, 11) is 0. The Balaban J connectivity index is 2.06. The van der Waals surface area contributed by atoms with Gasteiger partial charge in [0.15, 0.2) is 0 Å². The molecule has 0 saturated heterocycles. The van der Waals surface area contributed by atoms with Gasteiger partial charge in [0.05, 0.1) is 19.3 Å². The van der Waals surface area contributed by atoms with Crippen molar-refractivity contribution in [2.45, 2.75) is 51.7 Å². The summed E-state index contributed by atoms with van der Waals surface area (Å²) in [6.07, 6.45) is 4.56. The predicted molar refractivity (Wildman–Crippen MR) is 78.6 cm³/mol. The van der Waals surface area contributed by atoms with E-state index >= 15 is 0 Å². The third kappa shape index (κ3) is 8.42. The number of unbranched alkanes of at least 4 members (excludes halogenated alkanes) is 3. The Morgan fingerprint density at radius 1 is 1.16 bits per heavy atom. The molecule has 2 nitrogen and oxygen atoms in total. The maximum absolute atomic E-state index is 9.70. The van der Waals surface area contributed by atoms with Crippen LogP contribution in [-0.4, -0.2) is 17.8 Å². The molecule has 0 aliphatic rings. The molecule has 1 rings (SSSR count).